The summed E-state index contributed by atoms with van der Waals surface area (Å²) < 4.78 is 4.48. The number of carbonyl (C=O) groups excluding carboxylic acids is 1. The van der Waals surface area contributed by atoms with Crippen molar-refractivity contribution in [2.45, 2.75) is 0 Å². The molecule has 0 aliphatic rings. The molecule has 0 unspecified atom stereocenters. The Kier molecular flexibility index (Phi) is 2.62. The lowest BCUT2D eigenvalue weighted by molar-refractivity contribution is -0.120. The third-order valence-corrected chi connectivity index (χ3v) is 1.25. The van der Waals surface area contributed by atoms with Crippen molar-refractivity contribution in [3.63, 3.8) is 0 Å². The lowest BCUT2D eigenvalue weighted by Gasteiger charge is -2.07. The smallest absolute Gasteiger partial charge is 0.298 e. The van der Waals surface area contributed by atoms with E-state index in [1.807, 2.05) is 0 Å². The largest absolute Gasteiger partial charge is 0.429 e. The zero-order valence-electron chi connectivity index (χ0n) is 6.04. The minimum absolute atomic E-state index is 0.0231. The molecule has 12 heavy (non-hydrogen) atoms. The van der Waals surface area contributed by atoms with Crippen LogP contribution in [0.3, 0.4) is 0 Å². The van der Waals surface area contributed by atoms with Crippen molar-refractivity contribution in [3.05, 3.63) is 24.3 Å². The molecule has 0 spiro atoms. The molecule has 0 saturated heterocycles. The highest BCUT2D eigenvalue weighted by Gasteiger charge is 1.98. The van der Waals surface area contributed by atoms with Crippen LogP contribution in [0.1, 0.15) is 0 Å². The highest BCUT2D eigenvalue weighted by molar-refractivity contribution is 5.49. The number of carbonyl (C=O) groups is 1. The molecule has 0 amide bonds. The Morgan fingerprint density at radius 2 is 1.83 bits per heavy atom. The summed E-state index contributed by atoms with van der Waals surface area (Å²) >= 11 is 0. The summed E-state index contributed by atoms with van der Waals surface area (Å²) in [6, 6.07) is 5.64. The molecule has 0 fully saturated rings. The first-order chi connectivity index (χ1) is 5.74. The topological polar surface area (TPSA) is 70.0 Å². The van der Waals surface area contributed by atoms with E-state index in [4.69, 9.17) is 10.4 Å². The van der Waals surface area contributed by atoms with E-state index in [1.54, 1.807) is 0 Å². The fourth-order valence-corrected chi connectivity index (χ4v) is 0.714. The molecule has 64 valence electrons. The van der Waals surface area contributed by atoms with Crippen LogP contribution in [0.25, 0.3) is 0 Å². The number of rotatable bonds is 3. The summed E-state index contributed by atoms with van der Waals surface area (Å²) in [6.07, 6.45) is 0. The molecule has 2 N–H and O–H groups in total. The first-order valence-corrected chi connectivity index (χ1v) is 3.12. The van der Waals surface area contributed by atoms with Gasteiger partial charge < -0.3 is 4.74 Å². The van der Waals surface area contributed by atoms with E-state index < -0.39 is 0 Å². The van der Waals surface area contributed by atoms with Gasteiger partial charge in [0.1, 0.15) is 5.75 Å². The molecule has 0 heterocycles. The van der Waals surface area contributed by atoms with Crippen LogP contribution < -0.4 is 9.96 Å². The van der Waals surface area contributed by atoms with Crippen LogP contribution in [-0.2, 0) is 4.79 Å². The van der Waals surface area contributed by atoms with Crippen molar-refractivity contribution in [1.82, 2.24) is 0 Å². The van der Waals surface area contributed by atoms with E-state index in [0.717, 1.165) is 0 Å². The number of ether oxygens (including phenoxy) is 1. The Morgan fingerprint density at radius 3 is 2.25 bits per heavy atom. The zero-order chi connectivity index (χ0) is 8.97. The predicted molar refractivity (Wildman–Crippen MR) is 39.2 cm³/mol. The Bertz CT molecular complexity index is 257. The molecule has 0 aliphatic carbocycles. The van der Waals surface area contributed by atoms with Gasteiger partial charge in [-0.2, -0.15) is 0 Å². The molecule has 1 aromatic carbocycles. The molecule has 5 heteroatoms. The highest BCUT2D eigenvalue weighted by atomic mass is 16.8. The van der Waals surface area contributed by atoms with Crippen LogP contribution in [0.15, 0.2) is 24.3 Å². The first-order valence-electron chi connectivity index (χ1n) is 3.12. The van der Waals surface area contributed by atoms with Gasteiger partial charge in [0.05, 0.1) is 5.69 Å². The molecule has 0 bridgehead atoms. The van der Waals surface area contributed by atoms with E-state index in [1.165, 1.54) is 24.3 Å². The molecule has 0 aromatic heterocycles. The Hall–Kier alpha value is -1.59. The van der Waals surface area contributed by atoms with Gasteiger partial charge in [0.2, 0.25) is 0 Å². The van der Waals surface area contributed by atoms with Gasteiger partial charge in [-0.05, 0) is 24.3 Å². The normalized spacial score (nSPS) is 9.17. The molecular formula is C7H7NO4. The maximum Gasteiger partial charge on any atom is 0.298 e. The zero-order valence-corrected chi connectivity index (χ0v) is 6.04. The van der Waals surface area contributed by atoms with Crippen molar-refractivity contribution in [2.24, 2.45) is 0 Å². The molecule has 0 atom stereocenters. The van der Waals surface area contributed by atoms with E-state index in [9.17, 15) is 4.79 Å². The molecule has 0 saturated carbocycles. The van der Waals surface area contributed by atoms with Gasteiger partial charge in [0.25, 0.3) is 6.47 Å². The predicted octanol–water partition coefficient (Wildman–Crippen LogP) is 0.807. The minimum atomic E-state index is -0.0231. The number of anilines is 1. The van der Waals surface area contributed by atoms with E-state index in [2.05, 4.69) is 4.74 Å². The summed E-state index contributed by atoms with van der Waals surface area (Å²) in [5, 5.41) is 17.0. The van der Waals surface area contributed by atoms with Crippen LogP contribution in [0, 0.1) is 0 Å². The standard InChI is InChI=1S/C7H7NO4/c9-5-12-7-3-1-6(2-4-7)8(10)11/h1-5,10-11H. The van der Waals surface area contributed by atoms with Gasteiger partial charge in [-0.3, -0.25) is 15.2 Å². The van der Waals surface area contributed by atoms with E-state index >= 15 is 0 Å². The monoisotopic (exact) mass is 169 g/mol. The maximum absolute atomic E-state index is 9.86. The Balaban J connectivity index is 2.78. The molecular weight excluding hydrogens is 162 g/mol. The van der Waals surface area contributed by atoms with Gasteiger partial charge in [-0.1, -0.05) is 0 Å². The van der Waals surface area contributed by atoms with Crippen molar-refractivity contribution in [1.29, 1.82) is 0 Å². The quantitative estimate of drug-likeness (QED) is 0.517. The second-order valence-electron chi connectivity index (χ2n) is 2.00. The van der Waals surface area contributed by atoms with E-state index in [-0.39, 0.29) is 10.9 Å². The lowest BCUT2D eigenvalue weighted by atomic mass is 10.3. The van der Waals surface area contributed by atoms with Crippen LogP contribution in [0.2, 0.25) is 0 Å². The fourth-order valence-electron chi connectivity index (χ4n) is 0.714. The van der Waals surface area contributed by atoms with Gasteiger partial charge >= 0.3 is 0 Å². The number of hydrogen-bond acceptors (Lipinski definition) is 5. The van der Waals surface area contributed by atoms with Crippen molar-refractivity contribution in [3.8, 4) is 5.75 Å². The van der Waals surface area contributed by atoms with Gasteiger partial charge in [0.15, 0.2) is 0 Å². The molecule has 5 nitrogen and oxygen atoms in total. The summed E-state index contributed by atoms with van der Waals surface area (Å²) in [5.74, 6) is 0.343. The lowest BCUT2D eigenvalue weighted by Crippen LogP contribution is -2.10. The summed E-state index contributed by atoms with van der Waals surface area (Å²) in [7, 11) is 0. The molecule has 1 rings (SSSR count). The summed E-state index contributed by atoms with van der Waals surface area (Å²) in [5.41, 5.74) is 0.188. The van der Waals surface area contributed by atoms with Crippen molar-refractivity contribution >= 4 is 12.2 Å². The van der Waals surface area contributed by atoms with Gasteiger partial charge in [-0.25, -0.2) is 0 Å². The van der Waals surface area contributed by atoms with Crippen LogP contribution in [-0.4, -0.2) is 16.9 Å². The van der Waals surface area contributed by atoms with Crippen LogP contribution >= 0.6 is 0 Å². The van der Waals surface area contributed by atoms with Crippen molar-refractivity contribution in [2.75, 3.05) is 5.23 Å². The number of nitrogens with zero attached hydrogens (tertiary/aromatic N) is 1. The second-order valence-corrected chi connectivity index (χ2v) is 2.00. The molecule has 1 aromatic rings. The molecule has 0 radical (unpaired) electrons. The Labute approximate surface area is 68.3 Å². The number of hydrogen-bond donors (Lipinski definition) is 2. The maximum atomic E-state index is 9.86. The average molecular weight is 169 g/mol. The summed E-state index contributed by atoms with van der Waals surface area (Å²) in [4.78, 5) is 9.86. The second kappa shape index (κ2) is 3.70. The van der Waals surface area contributed by atoms with E-state index in [0.29, 0.717) is 12.2 Å². The third-order valence-electron chi connectivity index (χ3n) is 1.25. The average Bonchev–Trinajstić information content (AvgIpc) is 2.06. The summed E-state index contributed by atoms with van der Waals surface area (Å²) in [6.45, 7) is 0.296. The molecule has 0 aliphatic heterocycles. The number of benzene rings is 1. The SMILES string of the molecule is O=COc1ccc(N(O)O)cc1. The van der Waals surface area contributed by atoms with Crippen LogP contribution in [0.4, 0.5) is 5.69 Å². The highest BCUT2D eigenvalue weighted by Crippen LogP contribution is 2.16. The van der Waals surface area contributed by atoms with Crippen LogP contribution in [0.5, 0.6) is 5.75 Å². The minimum Gasteiger partial charge on any atom is -0.429 e. The third kappa shape index (κ3) is 1.94. The fraction of sp³-hybridized carbons (Fsp3) is 0. The Morgan fingerprint density at radius 1 is 1.25 bits per heavy atom. The van der Waals surface area contributed by atoms with Crippen molar-refractivity contribution < 1.29 is 19.9 Å². The van der Waals surface area contributed by atoms with Gasteiger partial charge in [-0.15, -0.1) is 5.23 Å². The van der Waals surface area contributed by atoms with Gasteiger partial charge in [0, 0.05) is 0 Å². The first kappa shape index (κ1) is 8.51.